The molecule has 33 heavy (non-hydrogen) atoms. The Kier molecular flexibility index (Phi) is 10.7. The van der Waals surface area contributed by atoms with E-state index in [9.17, 15) is 33.9 Å². The minimum absolute atomic E-state index is 0.0834. The van der Waals surface area contributed by atoms with Crippen LogP contribution in [-0.2, 0) is 28.8 Å². The van der Waals surface area contributed by atoms with E-state index in [1.807, 2.05) is 0 Å². The van der Waals surface area contributed by atoms with E-state index < -0.39 is 72.6 Å². The number of carboxylic acids is 3. The van der Waals surface area contributed by atoms with Gasteiger partial charge in [-0.25, -0.2) is 4.79 Å². The van der Waals surface area contributed by atoms with Crippen LogP contribution in [0.5, 0.6) is 0 Å². The van der Waals surface area contributed by atoms with Crippen LogP contribution in [0.15, 0.2) is 0 Å². The first kappa shape index (κ1) is 27.8. The average molecular weight is 472 g/mol. The topological polar surface area (TPSA) is 216 Å². The number of carboxylic acid groups (broad SMARTS) is 3. The number of nitrogens with one attached hydrogen (secondary N) is 2. The van der Waals surface area contributed by atoms with Crippen LogP contribution in [0.25, 0.3) is 0 Å². The molecule has 0 aromatic carbocycles. The van der Waals surface area contributed by atoms with Crippen LogP contribution in [0.4, 0.5) is 0 Å². The highest BCUT2D eigenvalue weighted by Gasteiger charge is 2.38. The lowest BCUT2D eigenvalue weighted by Crippen LogP contribution is -2.57. The second kappa shape index (κ2) is 12.7. The van der Waals surface area contributed by atoms with E-state index in [4.69, 9.17) is 15.9 Å². The first-order chi connectivity index (χ1) is 15.3. The minimum Gasteiger partial charge on any atom is -0.481 e. The Balaban J connectivity index is 3.02. The molecule has 1 heterocycles. The van der Waals surface area contributed by atoms with Gasteiger partial charge in [0.15, 0.2) is 0 Å². The van der Waals surface area contributed by atoms with Crippen molar-refractivity contribution in [2.45, 2.75) is 76.5 Å². The van der Waals surface area contributed by atoms with Crippen molar-refractivity contribution in [1.29, 1.82) is 0 Å². The van der Waals surface area contributed by atoms with Crippen molar-refractivity contribution < 1.29 is 44.1 Å². The van der Waals surface area contributed by atoms with Crippen molar-refractivity contribution in [2.75, 3.05) is 6.54 Å². The summed E-state index contributed by atoms with van der Waals surface area (Å²) in [6, 6.07) is -4.93. The molecule has 0 aromatic rings. The van der Waals surface area contributed by atoms with E-state index in [-0.39, 0.29) is 31.7 Å². The molecule has 1 aliphatic heterocycles. The third-order valence-electron chi connectivity index (χ3n) is 5.15. The van der Waals surface area contributed by atoms with Crippen LogP contribution in [0.2, 0.25) is 0 Å². The van der Waals surface area contributed by atoms with Gasteiger partial charge in [0.25, 0.3) is 0 Å². The van der Waals surface area contributed by atoms with Crippen LogP contribution in [-0.4, -0.2) is 86.6 Å². The minimum atomic E-state index is -1.39. The molecule has 3 amide bonds. The molecule has 1 aliphatic rings. The van der Waals surface area contributed by atoms with Gasteiger partial charge in [-0.1, -0.05) is 13.8 Å². The van der Waals surface area contributed by atoms with Crippen LogP contribution >= 0.6 is 0 Å². The summed E-state index contributed by atoms with van der Waals surface area (Å²) in [5.74, 6) is -6.13. The number of hydrogen-bond acceptors (Lipinski definition) is 7. The number of nitrogens with zero attached hydrogens (tertiary/aromatic N) is 1. The fourth-order valence-corrected chi connectivity index (χ4v) is 3.55. The van der Waals surface area contributed by atoms with Gasteiger partial charge in [-0.3, -0.25) is 24.0 Å². The summed E-state index contributed by atoms with van der Waals surface area (Å²) in [6.45, 7) is 3.71. The van der Waals surface area contributed by atoms with Crippen molar-refractivity contribution in [2.24, 2.45) is 11.7 Å². The predicted octanol–water partition coefficient (Wildman–Crippen LogP) is -1.26. The molecule has 7 N–H and O–H groups in total. The Labute approximate surface area is 190 Å². The Bertz CT molecular complexity index is 771. The summed E-state index contributed by atoms with van der Waals surface area (Å²) in [5, 5.41) is 32.0. The van der Waals surface area contributed by atoms with Gasteiger partial charge in [0.05, 0.1) is 12.5 Å². The molecule has 186 valence electrons. The third kappa shape index (κ3) is 9.04. The second-order valence-electron chi connectivity index (χ2n) is 8.42. The zero-order valence-corrected chi connectivity index (χ0v) is 18.7. The normalized spacial score (nSPS) is 18.3. The molecule has 0 aliphatic carbocycles. The van der Waals surface area contributed by atoms with E-state index in [1.54, 1.807) is 13.8 Å². The molecule has 1 saturated heterocycles. The maximum absolute atomic E-state index is 13.0. The van der Waals surface area contributed by atoms with Crippen LogP contribution in [0.1, 0.15) is 52.4 Å². The van der Waals surface area contributed by atoms with Crippen molar-refractivity contribution in [3.63, 3.8) is 0 Å². The van der Waals surface area contributed by atoms with Crippen molar-refractivity contribution in [3.05, 3.63) is 0 Å². The van der Waals surface area contributed by atoms with E-state index in [0.29, 0.717) is 6.42 Å². The van der Waals surface area contributed by atoms with Gasteiger partial charge < -0.3 is 36.6 Å². The fraction of sp³-hybridized carbons (Fsp3) is 0.700. The largest absolute Gasteiger partial charge is 0.481 e. The molecular weight excluding hydrogens is 440 g/mol. The Morgan fingerprint density at radius 1 is 0.970 bits per heavy atom. The van der Waals surface area contributed by atoms with E-state index >= 15 is 0 Å². The molecule has 4 atom stereocenters. The van der Waals surface area contributed by atoms with Gasteiger partial charge >= 0.3 is 17.9 Å². The van der Waals surface area contributed by atoms with Crippen molar-refractivity contribution in [3.8, 4) is 0 Å². The summed E-state index contributed by atoms with van der Waals surface area (Å²) >= 11 is 0. The SMILES string of the molecule is CC(C)C[C@H](NC(=O)[C@@H](N)CC(=O)O)C(=O)N[C@@H](CCC(=O)O)C(=O)N1CCC[C@H]1C(=O)O. The molecule has 0 saturated carbocycles. The molecule has 0 aromatic heterocycles. The van der Waals surface area contributed by atoms with Crippen LogP contribution in [0.3, 0.4) is 0 Å². The predicted molar refractivity (Wildman–Crippen MR) is 113 cm³/mol. The second-order valence-corrected chi connectivity index (χ2v) is 8.42. The van der Waals surface area contributed by atoms with E-state index in [0.717, 1.165) is 4.90 Å². The molecule has 13 heteroatoms. The maximum Gasteiger partial charge on any atom is 0.326 e. The van der Waals surface area contributed by atoms with E-state index in [1.165, 1.54) is 0 Å². The van der Waals surface area contributed by atoms with Gasteiger partial charge in [0.2, 0.25) is 17.7 Å². The molecule has 13 nitrogen and oxygen atoms in total. The number of carbonyl (C=O) groups is 6. The van der Waals surface area contributed by atoms with Gasteiger partial charge in [0.1, 0.15) is 18.1 Å². The Morgan fingerprint density at radius 3 is 2.09 bits per heavy atom. The smallest absolute Gasteiger partial charge is 0.326 e. The number of carbonyl (C=O) groups excluding carboxylic acids is 3. The average Bonchev–Trinajstić information content (AvgIpc) is 3.19. The van der Waals surface area contributed by atoms with E-state index in [2.05, 4.69) is 10.6 Å². The van der Waals surface area contributed by atoms with Crippen LogP contribution in [0, 0.1) is 5.92 Å². The molecule has 1 fully saturated rings. The number of amides is 3. The van der Waals surface area contributed by atoms with Gasteiger partial charge in [-0.05, 0) is 31.6 Å². The molecule has 0 spiro atoms. The standard InChI is InChI=1S/C20H32N4O9/c1-10(2)8-13(23-17(29)11(21)9-16(27)28)18(30)22-12(5-6-15(25)26)19(31)24-7-3-4-14(24)20(32)33/h10-14H,3-9,21H2,1-2H3,(H,22,30)(H,23,29)(H,25,26)(H,27,28)(H,32,33)/t11-,12-,13-,14-/m0/s1. The van der Waals surface area contributed by atoms with Gasteiger partial charge in [-0.15, -0.1) is 0 Å². The molecule has 0 bridgehead atoms. The maximum atomic E-state index is 13.0. The lowest BCUT2D eigenvalue weighted by Gasteiger charge is -2.29. The van der Waals surface area contributed by atoms with Crippen molar-refractivity contribution in [1.82, 2.24) is 15.5 Å². The Morgan fingerprint density at radius 2 is 1.58 bits per heavy atom. The number of aliphatic carboxylic acids is 3. The Hall–Kier alpha value is -3.22. The molecule has 0 unspecified atom stereocenters. The number of likely N-dealkylation sites (tertiary alicyclic amines) is 1. The fourth-order valence-electron chi connectivity index (χ4n) is 3.55. The highest BCUT2D eigenvalue weighted by atomic mass is 16.4. The highest BCUT2D eigenvalue weighted by molar-refractivity contribution is 5.95. The first-order valence-electron chi connectivity index (χ1n) is 10.7. The molecule has 1 rings (SSSR count). The monoisotopic (exact) mass is 472 g/mol. The lowest BCUT2D eigenvalue weighted by atomic mass is 10.0. The zero-order valence-electron chi connectivity index (χ0n) is 18.7. The van der Waals surface area contributed by atoms with Gasteiger partial charge in [0, 0.05) is 13.0 Å². The first-order valence-corrected chi connectivity index (χ1v) is 10.7. The summed E-state index contributed by atoms with van der Waals surface area (Å²) in [4.78, 5) is 72.5. The number of rotatable bonds is 13. The lowest BCUT2D eigenvalue weighted by molar-refractivity contribution is -0.150. The number of nitrogens with two attached hydrogens (primary N) is 1. The van der Waals surface area contributed by atoms with Gasteiger partial charge in [-0.2, -0.15) is 0 Å². The summed E-state index contributed by atoms with van der Waals surface area (Å²) in [5.41, 5.74) is 5.55. The summed E-state index contributed by atoms with van der Waals surface area (Å²) in [7, 11) is 0. The molecule has 0 radical (unpaired) electrons. The van der Waals surface area contributed by atoms with Crippen LogP contribution < -0.4 is 16.4 Å². The quantitative estimate of drug-likeness (QED) is 0.187. The summed E-state index contributed by atoms with van der Waals surface area (Å²) < 4.78 is 0. The molecular formula is C20H32N4O9. The summed E-state index contributed by atoms with van der Waals surface area (Å²) in [6.07, 6.45) is -0.535. The number of hydrogen-bond donors (Lipinski definition) is 6. The zero-order chi connectivity index (χ0) is 25.3. The van der Waals surface area contributed by atoms with Crippen molar-refractivity contribution >= 4 is 35.6 Å². The highest BCUT2D eigenvalue weighted by Crippen LogP contribution is 2.20. The third-order valence-corrected chi connectivity index (χ3v) is 5.15.